The van der Waals surface area contributed by atoms with E-state index in [0.29, 0.717) is 5.56 Å². The van der Waals surface area contributed by atoms with E-state index in [-0.39, 0.29) is 17.2 Å². The topological polar surface area (TPSA) is 66.8 Å². The second kappa shape index (κ2) is 5.00. The molecule has 0 aromatic heterocycles. The fourth-order valence-electron chi connectivity index (χ4n) is 1.20. The summed E-state index contributed by atoms with van der Waals surface area (Å²) in [5, 5.41) is 18.5. The van der Waals surface area contributed by atoms with E-state index in [0.717, 1.165) is 0 Å². The molecule has 15 heavy (non-hydrogen) atoms. The van der Waals surface area contributed by atoms with Gasteiger partial charge in [0.05, 0.1) is 5.02 Å². The Morgan fingerprint density at radius 1 is 1.60 bits per heavy atom. The summed E-state index contributed by atoms with van der Waals surface area (Å²) in [6.45, 7) is 0. The molecule has 82 valence electrons. The van der Waals surface area contributed by atoms with Gasteiger partial charge in [-0.2, -0.15) is 0 Å². The third kappa shape index (κ3) is 2.84. The predicted molar refractivity (Wildman–Crippen MR) is 55.3 cm³/mol. The zero-order valence-electron chi connectivity index (χ0n) is 8.11. The summed E-state index contributed by atoms with van der Waals surface area (Å²) < 4.78 is 4.76. The average Bonchev–Trinajstić information content (AvgIpc) is 2.19. The summed E-state index contributed by atoms with van der Waals surface area (Å²) >= 11 is 5.68. The van der Waals surface area contributed by atoms with Crippen LogP contribution in [0.3, 0.4) is 0 Å². The maximum atomic E-state index is 10.7. The highest BCUT2D eigenvalue weighted by Gasteiger charge is 2.19. The van der Waals surface area contributed by atoms with Gasteiger partial charge in [0.2, 0.25) is 0 Å². The number of benzene rings is 1. The normalized spacial score (nSPS) is 12.4. The van der Waals surface area contributed by atoms with E-state index in [4.69, 9.17) is 21.4 Å². The van der Waals surface area contributed by atoms with Crippen LogP contribution in [0.1, 0.15) is 5.56 Å². The van der Waals surface area contributed by atoms with Crippen molar-refractivity contribution in [3.63, 3.8) is 0 Å². The number of carboxylic acids is 1. The van der Waals surface area contributed by atoms with Crippen molar-refractivity contribution in [1.29, 1.82) is 0 Å². The molecule has 0 aliphatic carbocycles. The van der Waals surface area contributed by atoms with Gasteiger partial charge in [0.25, 0.3) is 0 Å². The van der Waals surface area contributed by atoms with Crippen LogP contribution in [-0.2, 0) is 16.0 Å². The molecule has 0 amide bonds. The molecule has 0 aliphatic rings. The first kappa shape index (κ1) is 11.8. The number of hydrogen-bond donors (Lipinski definition) is 2. The van der Waals surface area contributed by atoms with Crippen LogP contribution < -0.4 is 0 Å². The zero-order valence-corrected chi connectivity index (χ0v) is 8.86. The predicted octanol–water partition coefficient (Wildman–Crippen LogP) is 1.69. The molecule has 1 aromatic rings. The quantitative estimate of drug-likeness (QED) is 0.826. The Morgan fingerprint density at radius 3 is 2.80 bits per heavy atom. The second-order valence-electron chi connectivity index (χ2n) is 3.01. The van der Waals surface area contributed by atoms with Gasteiger partial charge in [0, 0.05) is 13.5 Å². The van der Waals surface area contributed by atoms with E-state index in [2.05, 4.69) is 0 Å². The van der Waals surface area contributed by atoms with Crippen molar-refractivity contribution in [3.8, 4) is 5.75 Å². The van der Waals surface area contributed by atoms with E-state index in [1.165, 1.54) is 13.2 Å². The fraction of sp³-hybridized carbons (Fsp3) is 0.300. The smallest absolute Gasteiger partial charge is 0.333 e. The highest BCUT2D eigenvalue weighted by atomic mass is 35.5. The van der Waals surface area contributed by atoms with Crippen molar-refractivity contribution >= 4 is 17.6 Å². The van der Waals surface area contributed by atoms with Crippen LogP contribution in [0.25, 0.3) is 0 Å². The molecule has 2 N–H and O–H groups in total. The third-order valence-corrected chi connectivity index (χ3v) is 2.34. The van der Waals surface area contributed by atoms with Gasteiger partial charge < -0.3 is 14.9 Å². The molecule has 5 heteroatoms. The van der Waals surface area contributed by atoms with E-state index in [1.54, 1.807) is 12.1 Å². The molecular weight excluding hydrogens is 220 g/mol. The number of carbonyl (C=O) groups is 1. The average molecular weight is 231 g/mol. The summed E-state index contributed by atoms with van der Waals surface area (Å²) in [7, 11) is 1.31. The number of para-hydroxylation sites is 1. The summed E-state index contributed by atoms with van der Waals surface area (Å²) in [6, 6.07) is 4.78. The lowest BCUT2D eigenvalue weighted by Crippen LogP contribution is -2.24. The summed E-state index contributed by atoms with van der Waals surface area (Å²) in [5.74, 6) is -1.17. The molecule has 0 bridgehead atoms. The van der Waals surface area contributed by atoms with Crippen LogP contribution in [0.2, 0.25) is 5.02 Å². The highest BCUT2D eigenvalue weighted by molar-refractivity contribution is 6.32. The van der Waals surface area contributed by atoms with Gasteiger partial charge in [-0.05, 0) is 11.6 Å². The minimum Gasteiger partial charge on any atom is -0.506 e. The molecule has 1 unspecified atom stereocenters. The van der Waals surface area contributed by atoms with Crippen LogP contribution in [0.5, 0.6) is 5.75 Å². The van der Waals surface area contributed by atoms with Crippen molar-refractivity contribution in [2.45, 2.75) is 12.5 Å². The molecular formula is C10H11ClO4. The first-order valence-corrected chi connectivity index (χ1v) is 4.66. The molecule has 1 atom stereocenters. The maximum Gasteiger partial charge on any atom is 0.333 e. The van der Waals surface area contributed by atoms with Gasteiger partial charge in [-0.1, -0.05) is 23.7 Å². The van der Waals surface area contributed by atoms with Crippen LogP contribution in [0, 0.1) is 0 Å². The van der Waals surface area contributed by atoms with Crippen LogP contribution in [0.4, 0.5) is 0 Å². The standard InChI is InChI=1S/C10H11ClO4/c1-15-8(10(13)14)5-6-3-2-4-7(11)9(6)12/h2-4,8,12H,5H2,1H3,(H,13,14). The SMILES string of the molecule is COC(Cc1cccc(Cl)c1O)C(=O)O. The molecule has 0 heterocycles. The minimum atomic E-state index is -1.07. The summed E-state index contributed by atoms with van der Waals surface area (Å²) in [5.41, 5.74) is 0.455. The number of ether oxygens (including phenoxy) is 1. The van der Waals surface area contributed by atoms with Gasteiger partial charge in [0.15, 0.2) is 6.10 Å². The molecule has 0 saturated carbocycles. The Bertz CT molecular complexity index is 364. The molecule has 1 aromatic carbocycles. The molecule has 0 saturated heterocycles. The fourth-order valence-corrected chi connectivity index (χ4v) is 1.39. The first-order chi connectivity index (χ1) is 7.06. The summed E-state index contributed by atoms with van der Waals surface area (Å²) in [6.07, 6.45) is -0.896. The molecule has 0 fully saturated rings. The molecule has 1 rings (SSSR count). The van der Waals surface area contributed by atoms with E-state index < -0.39 is 12.1 Å². The van der Waals surface area contributed by atoms with Gasteiger partial charge in [-0.25, -0.2) is 4.79 Å². The number of aromatic hydroxyl groups is 1. The second-order valence-corrected chi connectivity index (χ2v) is 3.42. The Labute approximate surface area is 92.1 Å². The van der Waals surface area contributed by atoms with Crippen molar-refractivity contribution in [2.75, 3.05) is 7.11 Å². The number of phenols is 1. The molecule has 0 radical (unpaired) electrons. The Morgan fingerprint density at radius 2 is 2.27 bits per heavy atom. The lowest BCUT2D eigenvalue weighted by atomic mass is 10.1. The van der Waals surface area contributed by atoms with E-state index in [1.807, 2.05) is 0 Å². The van der Waals surface area contributed by atoms with Crippen molar-refractivity contribution in [2.24, 2.45) is 0 Å². The van der Waals surface area contributed by atoms with Crippen LogP contribution >= 0.6 is 11.6 Å². The Kier molecular flexibility index (Phi) is 3.94. The number of rotatable bonds is 4. The number of carboxylic acid groups (broad SMARTS) is 1. The number of halogens is 1. The lowest BCUT2D eigenvalue weighted by molar-refractivity contribution is -0.148. The first-order valence-electron chi connectivity index (χ1n) is 4.28. The van der Waals surface area contributed by atoms with Gasteiger partial charge in [0.1, 0.15) is 5.75 Å². The summed E-state index contributed by atoms with van der Waals surface area (Å²) in [4.78, 5) is 10.7. The third-order valence-electron chi connectivity index (χ3n) is 2.04. The van der Waals surface area contributed by atoms with Crippen LogP contribution in [-0.4, -0.2) is 29.4 Å². The van der Waals surface area contributed by atoms with Crippen molar-refractivity contribution < 1.29 is 19.7 Å². The minimum absolute atomic E-state index is 0.0816. The van der Waals surface area contributed by atoms with Gasteiger partial charge >= 0.3 is 5.97 Å². The maximum absolute atomic E-state index is 10.7. The molecule has 0 spiro atoms. The molecule has 0 aliphatic heterocycles. The van der Waals surface area contributed by atoms with E-state index in [9.17, 15) is 9.90 Å². The van der Waals surface area contributed by atoms with Crippen molar-refractivity contribution in [3.05, 3.63) is 28.8 Å². The number of phenolic OH excluding ortho intramolecular Hbond substituents is 1. The Balaban J connectivity index is 2.88. The Hall–Kier alpha value is -1.26. The lowest BCUT2D eigenvalue weighted by Gasteiger charge is -2.11. The number of methoxy groups -OCH3 is 1. The van der Waals surface area contributed by atoms with Crippen LogP contribution in [0.15, 0.2) is 18.2 Å². The zero-order chi connectivity index (χ0) is 11.4. The largest absolute Gasteiger partial charge is 0.506 e. The van der Waals surface area contributed by atoms with Gasteiger partial charge in [-0.3, -0.25) is 0 Å². The monoisotopic (exact) mass is 230 g/mol. The van der Waals surface area contributed by atoms with Gasteiger partial charge in [-0.15, -0.1) is 0 Å². The van der Waals surface area contributed by atoms with Crippen molar-refractivity contribution in [1.82, 2.24) is 0 Å². The number of hydrogen-bond acceptors (Lipinski definition) is 3. The highest BCUT2D eigenvalue weighted by Crippen LogP contribution is 2.28. The number of aliphatic carboxylic acids is 1. The molecule has 4 nitrogen and oxygen atoms in total. The van der Waals surface area contributed by atoms with E-state index >= 15 is 0 Å².